The van der Waals surface area contributed by atoms with Gasteiger partial charge in [0.2, 0.25) is 0 Å². The lowest BCUT2D eigenvalue weighted by Gasteiger charge is -2.09. The smallest absolute Gasteiger partial charge is 0.0824 e. The molecule has 0 spiro atoms. The van der Waals surface area contributed by atoms with Crippen molar-refractivity contribution in [3.05, 3.63) is 33.8 Å². The maximum atomic E-state index is 9.15. The predicted octanol–water partition coefficient (Wildman–Crippen LogP) is 4.71. The van der Waals surface area contributed by atoms with Crippen molar-refractivity contribution >= 4 is 30.1 Å². The van der Waals surface area contributed by atoms with E-state index in [0.29, 0.717) is 0 Å². The van der Waals surface area contributed by atoms with Gasteiger partial charge < -0.3 is 0 Å². The third-order valence-electron chi connectivity index (χ3n) is 2.85. The molecule has 1 fully saturated rings. The zero-order chi connectivity index (χ0) is 13.1. The Morgan fingerprint density at radius 1 is 1.35 bits per heavy atom. The Balaban J connectivity index is 0.000000686. The van der Waals surface area contributed by atoms with Gasteiger partial charge in [-0.1, -0.05) is 29.8 Å². The minimum atomic E-state index is -0.208. The summed E-state index contributed by atoms with van der Waals surface area (Å²) >= 11 is 3.49. The second-order valence-corrected chi connectivity index (χ2v) is 5.71. The first-order chi connectivity index (χ1) is 8.07. The van der Waals surface area contributed by atoms with Gasteiger partial charge in [-0.15, -0.1) is 8.86 Å². The van der Waals surface area contributed by atoms with Crippen LogP contribution in [0.2, 0.25) is 0 Å². The van der Waals surface area contributed by atoms with Crippen LogP contribution in [-0.4, -0.2) is 5.29 Å². The molecule has 17 heavy (non-hydrogen) atoms. The zero-order valence-electron chi connectivity index (χ0n) is 10.5. The normalized spacial score (nSPS) is 15.2. The molecule has 0 bridgehead atoms. The van der Waals surface area contributed by atoms with Gasteiger partial charge in [0, 0.05) is 4.47 Å². The third kappa shape index (κ3) is 3.18. The van der Waals surface area contributed by atoms with Gasteiger partial charge in [0.15, 0.2) is 0 Å². The fourth-order valence-electron chi connectivity index (χ4n) is 1.67. The summed E-state index contributed by atoms with van der Waals surface area (Å²) < 4.78 is 1.04. The van der Waals surface area contributed by atoms with Crippen molar-refractivity contribution in [1.29, 1.82) is 5.26 Å². The molecule has 1 saturated carbocycles. The summed E-state index contributed by atoms with van der Waals surface area (Å²) in [7, 11) is 3.52. The van der Waals surface area contributed by atoms with Crippen molar-refractivity contribution in [2.24, 2.45) is 0 Å². The molecule has 0 heterocycles. The molecule has 2 rings (SSSR count). The standard InChI is InChI=1S/C12H11BrNP.C2H6/c1-8(15)9-4-10(6-11(13)5-9)12(7-14)2-3-12;1-2/h4-6,15H,2-3H2,1H3;1-2H3. The van der Waals surface area contributed by atoms with E-state index in [1.54, 1.807) is 0 Å². The molecule has 1 aromatic rings. The minimum Gasteiger partial charge on any atom is -0.197 e. The predicted molar refractivity (Wildman–Crippen MR) is 80.1 cm³/mol. The number of benzene rings is 1. The van der Waals surface area contributed by atoms with E-state index in [0.717, 1.165) is 33.7 Å². The lowest BCUT2D eigenvalue weighted by molar-refractivity contribution is 0.907. The van der Waals surface area contributed by atoms with E-state index in [1.165, 1.54) is 0 Å². The fraction of sp³-hybridized carbons (Fsp3) is 0.429. The van der Waals surface area contributed by atoms with Crippen LogP contribution in [0.25, 0.3) is 0 Å². The number of rotatable bonds is 2. The lowest BCUT2D eigenvalue weighted by Crippen LogP contribution is -2.04. The number of halogens is 1. The number of hydrogen-bond acceptors (Lipinski definition) is 1. The van der Waals surface area contributed by atoms with Gasteiger partial charge >= 0.3 is 0 Å². The van der Waals surface area contributed by atoms with Gasteiger partial charge in [0.25, 0.3) is 0 Å². The number of nitrogens with zero attached hydrogens (tertiary/aromatic N) is 1. The van der Waals surface area contributed by atoms with E-state index in [1.807, 2.05) is 20.8 Å². The van der Waals surface area contributed by atoms with Crippen LogP contribution in [0, 0.1) is 11.3 Å². The van der Waals surface area contributed by atoms with Crippen LogP contribution in [0.5, 0.6) is 0 Å². The highest BCUT2D eigenvalue weighted by Gasteiger charge is 2.45. The monoisotopic (exact) mass is 309 g/mol. The van der Waals surface area contributed by atoms with Gasteiger partial charge in [-0.05, 0) is 54.4 Å². The Morgan fingerprint density at radius 2 is 1.94 bits per heavy atom. The summed E-state index contributed by atoms with van der Waals surface area (Å²) in [5.74, 6) is 0. The number of hydrogen-bond donors (Lipinski definition) is 0. The molecule has 0 radical (unpaired) electrons. The zero-order valence-corrected chi connectivity index (χ0v) is 13.1. The molecule has 0 aliphatic heterocycles. The summed E-state index contributed by atoms with van der Waals surface area (Å²) in [5.41, 5.74) is 2.06. The summed E-state index contributed by atoms with van der Waals surface area (Å²) in [6.45, 7) is 6.01. The quantitative estimate of drug-likeness (QED) is 0.726. The van der Waals surface area contributed by atoms with Crippen LogP contribution in [0.4, 0.5) is 0 Å². The summed E-state index contributed by atoms with van der Waals surface area (Å²) in [4.78, 5) is 0. The molecule has 90 valence electrons. The Morgan fingerprint density at radius 3 is 2.35 bits per heavy atom. The van der Waals surface area contributed by atoms with Gasteiger partial charge in [-0.2, -0.15) is 5.26 Å². The van der Waals surface area contributed by atoms with Crippen molar-refractivity contribution in [3.8, 4) is 6.07 Å². The van der Waals surface area contributed by atoms with Crippen molar-refractivity contribution in [2.75, 3.05) is 0 Å². The second-order valence-electron chi connectivity index (χ2n) is 4.05. The molecule has 0 N–H and O–H groups in total. The highest BCUT2D eigenvalue weighted by Crippen LogP contribution is 2.48. The van der Waals surface area contributed by atoms with E-state index in [9.17, 15) is 0 Å². The molecule has 0 amide bonds. The Labute approximate surface area is 114 Å². The molecule has 1 aliphatic carbocycles. The molecule has 0 unspecified atom stereocenters. The average Bonchev–Trinajstić information content (AvgIpc) is 3.11. The highest BCUT2D eigenvalue weighted by molar-refractivity contribution is 9.10. The maximum Gasteiger partial charge on any atom is 0.0824 e. The maximum absolute atomic E-state index is 9.15. The first kappa shape index (κ1) is 14.4. The van der Waals surface area contributed by atoms with E-state index in [-0.39, 0.29) is 5.41 Å². The van der Waals surface area contributed by atoms with Crippen molar-refractivity contribution in [2.45, 2.75) is 39.0 Å². The molecule has 1 aliphatic rings. The SMILES string of the molecule is CC.CC(=P)c1cc(Br)cc(C2(C#N)CC2)c1. The number of nitriles is 1. The second kappa shape index (κ2) is 5.80. The van der Waals surface area contributed by atoms with Gasteiger partial charge in [0.1, 0.15) is 0 Å². The minimum absolute atomic E-state index is 0.208. The van der Waals surface area contributed by atoms with E-state index >= 15 is 0 Å². The molecule has 0 saturated heterocycles. The largest absolute Gasteiger partial charge is 0.197 e. The molecule has 0 atom stereocenters. The Kier molecular flexibility index (Phi) is 4.92. The van der Waals surface area contributed by atoms with E-state index in [2.05, 4.69) is 49.1 Å². The van der Waals surface area contributed by atoms with Gasteiger partial charge in [0.05, 0.1) is 11.5 Å². The van der Waals surface area contributed by atoms with Crippen LogP contribution >= 0.6 is 24.8 Å². The van der Waals surface area contributed by atoms with Crippen molar-refractivity contribution in [3.63, 3.8) is 0 Å². The van der Waals surface area contributed by atoms with Crippen LogP contribution in [0.1, 0.15) is 44.7 Å². The van der Waals surface area contributed by atoms with E-state index < -0.39 is 0 Å². The summed E-state index contributed by atoms with van der Waals surface area (Å²) in [6.07, 6.45) is 1.97. The van der Waals surface area contributed by atoms with Crippen LogP contribution in [-0.2, 0) is 5.41 Å². The van der Waals surface area contributed by atoms with Crippen molar-refractivity contribution < 1.29 is 0 Å². The van der Waals surface area contributed by atoms with Crippen LogP contribution in [0.3, 0.4) is 0 Å². The molecular weight excluding hydrogens is 293 g/mol. The summed E-state index contributed by atoms with van der Waals surface area (Å²) in [5, 5.41) is 10.2. The Bertz CT molecular complexity index is 470. The average molecular weight is 310 g/mol. The van der Waals surface area contributed by atoms with Gasteiger partial charge in [-0.3, -0.25) is 0 Å². The van der Waals surface area contributed by atoms with Crippen molar-refractivity contribution in [1.82, 2.24) is 0 Å². The molecule has 1 aromatic carbocycles. The van der Waals surface area contributed by atoms with Crippen LogP contribution < -0.4 is 0 Å². The highest BCUT2D eigenvalue weighted by atomic mass is 79.9. The molecule has 1 nitrogen and oxygen atoms in total. The molecular formula is C14H17BrNP. The third-order valence-corrected chi connectivity index (χ3v) is 3.59. The first-order valence-corrected chi connectivity index (χ1v) is 7.14. The Hall–Kier alpha value is -0.640. The van der Waals surface area contributed by atoms with E-state index in [4.69, 9.17) is 5.26 Å². The lowest BCUT2D eigenvalue weighted by atomic mass is 9.95. The van der Waals surface area contributed by atoms with Crippen LogP contribution in [0.15, 0.2) is 22.7 Å². The summed E-state index contributed by atoms with van der Waals surface area (Å²) in [6, 6.07) is 8.62. The molecule has 0 aromatic heterocycles. The molecule has 3 heteroatoms. The van der Waals surface area contributed by atoms with Gasteiger partial charge in [-0.25, -0.2) is 0 Å². The fourth-order valence-corrected chi connectivity index (χ4v) is 2.31. The topological polar surface area (TPSA) is 23.8 Å². The first-order valence-electron chi connectivity index (χ1n) is 5.85.